The lowest BCUT2D eigenvalue weighted by Crippen LogP contribution is -2.50. The molecular formula is C8H16N2O6. The molecule has 0 saturated carbocycles. The van der Waals surface area contributed by atoms with E-state index in [4.69, 9.17) is 20.4 Å². The molecule has 94 valence electrons. The number of amides is 2. The van der Waals surface area contributed by atoms with Crippen LogP contribution in [0.3, 0.4) is 0 Å². The van der Waals surface area contributed by atoms with Gasteiger partial charge in [0.1, 0.15) is 0 Å². The van der Waals surface area contributed by atoms with Crippen molar-refractivity contribution in [1.29, 1.82) is 0 Å². The van der Waals surface area contributed by atoms with E-state index in [0.29, 0.717) is 0 Å². The summed E-state index contributed by atoms with van der Waals surface area (Å²) in [5, 5.41) is 36.6. The Morgan fingerprint density at radius 3 is 1.94 bits per heavy atom. The van der Waals surface area contributed by atoms with Crippen LogP contribution in [0.2, 0.25) is 0 Å². The van der Waals surface area contributed by atoms with Crippen LogP contribution >= 0.6 is 0 Å². The van der Waals surface area contributed by atoms with Gasteiger partial charge in [-0.15, -0.1) is 0 Å². The molecule has 0 fully saturated rings. The quantitative estimate of drug-likeness (QED) is 0.330. The number of hydrogen-bond acceptors (Lipinski definition) is 5. The van der Waals surface area contributed by atoms with E-state index in [1.165, 1.54) is 0 Å². The number of nitrogens with one attached hydrogen (secondary N) is 1. The third kappa shape index (κ3) is 4.91. The van der Waals surface area contributed by atoms with Gasteiger partial charge in [-0.3, -0.25) is 0 Å². The minimum Gasteiger partial charge on any atom is -0.480 e. The number of carbonyl (C=O) groups excluding carboxylic acids is 1. The second-order valence-electron chi connectivity index (χ2n) is 2.96. The van der Waals surface area contributed by atoms with E-state index in [9.17, 15) is 9.59 Å². The highest BCUT2D eigenvalue weighted by Gasteiger charge is 2.21. The predicted octanol–water partition coefficient (Wildman–Crippen LogP) is -2.57. The second kappa shape index (κ2) is 7.85. The van der Waals surface area contributed by atoms with Crippen LogP contribution in [0.5, 0.6) is 0 Å². The molecule has 0 saturated heterocycles. The van der Waals surface area contributed by atoms with E-state index in [0.717, 1.165) is 4.90 Å². The Morgan fingerprint density at radius 2 is 1.62 bits per heavy atom. The molecule has 0 spiro atoms. The molecular weight excluding hydrogens is 220 g/mol. The van der Waals surface area contributed by atoms with Gasteiger partial charge in [-0.05, 0) is 0 Å². The summed E-state index contributed by atoms with van der Waals surface area (Å²) in [4.78, 5) is 23.0. The lowest BCUT2D eigenvalue weighted by molar-refractivity contribution is -0.140. The molecule has 0 aromatic rings. The number of carboxylic acid groups (broad SMARTS) is 1. The Balaban J connectivity index is 4.32. The third-order valence-corrected chi connectivity index (χ3v) is 1.81. The van der Waals surface area contributed by atoms with Gasteiger partial charge in [-0.2, -0.15) is 0 Å². The van der Waals surface area contributed by atoms with Gasteiger partial charge in [0.25, 0.3) is 0 Å². The first-order chi connectivity index (χ1) is 7.56. The Hall–Kier alpha value is -1.38. The fourth-order valence-electron chi connectivity index (χ4n) is 0.982. The first-order valence-electron chi connectivity index (χ1n) is 4.67. The van der Waals surface area contributed by atoms with Gasteiger partial charge in [-0.1, -0.05) is 0 Å². The highest BCUT2D eigenvalue weighted by Crippen LogP contribution is 1.91. The maximum absolute atomic E-state index is 11.4. The van der Waals surface area contributed by atoms with Gasteiger partial charge in [-0.25, -0.2) is 9.59 Å². The number of nitrogens with zero attached hydrogens (tertiary/aromatic N) is 1. The molecule has 2 amide bonds. The van der Waals surface area contributed by atoms with Crippen LogP contribution in [0.1, 0.15) is 0 Å². The maximum atomic E-state index is 11.4. The Bertz CT molecular complexity index is 229. The fraction of sp³-hybridized carbons (Fsp3) is 0.750. The monoisotopic (exact) mass is 236 g/mol. The van der Waals surface area contributed by atoms with Crippen LogP contribution < -0.4 is 5.32 Å². The Kier molecular flexibility index (Phi) is 7.18. The van der Waals surface area contributed by atoms with E-state index >= 15 is 0 Å². The first-order valence-corrected chi connectivity index (χ1v) is 4.67. The largest absolute Gasteiger partial charge is 0.480 e. The molecule has 0 aliphatic rings. The number of carbonyl (C=O) groups is 2. The van der Waals surface area contributed by atoms with E-state index in [1.807, 2.05) is 0 Å². The van der Waals surface area contributed by atoms with Gasteiger partial charge in [0.05, 0.1) is 19.8 Å². The molecule has 0 aliphatic carbocycles. The van der Waals surface area contributed by atoms with Gasteiger partial charge >= 0.3 is 12.0 Å². The lowest BCUT2D eigenvalue weighted by atomic mass is 10.3. The van der Waals surface area contributed by atoms with Crippen LogP contribution in [0.15, 0.2) is 0 Å². The smallest absolute Gasteiger partial charge is 0.328 e. The van der Waals surface area contributed by atoms with Gasteiger partial charge < -0.3 is 30.6 Å². The predicted molar refractivity (Wildman–Crippen MR) is 52.8 cm³/mol. The molecule has 16 heavy (non-hydrogen) atoms. The van der Waals surface area contributed by atoms with Crippen molar-refractivity contribution in [3.05, 3.63) is 0 Å². The van der Waals surface area contributed by atoms with E-state index < -0.39 is 24.6 Å². The molecule has 0 bridgehead atoms. The van der Waals surface area contributed by atoms with E-state index in [2.05, 4.69) is 5.32 Å². The average molecular weight is 236 g/mol. The van der Waals surface area contributed by atoms with Crippen molar-refractivity contribution in [1.82, 2.24) is 10.2 Å². The molecule has 0 unspecified atom stereocenters. The van der Waals surface area contributed by atoms with Crippen LogP contribution in [0.4, 0.5) is 4.79 Å². The Labute approximate surface area is 92.1 Å². The second-order valence-corrected chi connectivity index (χ2v) is 2.96. The van der Waals surface area contributed by atoms with Gasteiger partial charge in [0, 0.05) is 13.1 Å². The highest BCUT2D eigenvalue weighted by molar-refractivity contribution is 5.82. The topological polar surface area (TPSA) is 130 Å². The highest BCUT2D eigenvalue weighted by atomic mass is 16.4. The molecule has 0 radical (unpaired) electrons. The SMILES string of the molecule is O=C(O)[C@H](CO)NC(=O)N(CCO)CCO. The molecule has 8 heteroatoms. The molecule has 8 nitrogen and oxygen atoms in total. The first kappa shape index (κ1) is 14.6. The zero-order valence-electron chi connectivity index (χ0n) is 8.67. The minimum atomic E-state index is -1.40. The standard InChI is InChI=1S/C8H16N2O6/c11-3-1-10(2-4-12)8(16)9-6(5-13)7(14)15/h6,11-13H,1-5H2,(H,9,16)(H,14,15)/t6-/m0/s1. The molecule has 1 atom stereocenters. The molecule has 0 aromatic heterocycles. The van der Waals surface area contributed by atoms with Crippen molar-refractivity contribution in [2.24, 2.45) is 0 Å². The zero-order chi connectivity index (χ0) is 12.6. The molecule has 0 heterocycles. The molecule has 0 aliphatic heterocycles. The van der Waals surface area contributed by atoms with Crippen LogP contribution in [0.25, 0.3) is 0 Å². The van der Waals surface area contributed by atoms with Crippen molar-refractivity contribution < 1.29 is 30.0 Å². The normalized spacial score (nSPS) is 11.9. The van der Waals surface area contributed by atoms with Gasteiger partial charge in [0.2, 0.25) is 0 Å². The molecule has 0 aromatic carbocycles. The Morgan fingerprint density at radius 1 is 1.12 bits per heavy atom. The summed E-state index contributed by atoms with van der Waals surface area (Å²) in [6.45, 7) is -1.38. The number of carboxylic acids is 1. The number of aliphatic carboxylic acids is 1. The third-order valence-electron chi connectivity index (χ3n) is 1.81. The summed E-state index contributed by atoms with van der Waals surface area (Å²) < 4.78 is 0. The zero-order valence-corrected chi connectivity index (χ0v) is 8.67. The molecule has 5 N–H and O–H groups in total. The fourth-order valence-corrected chi connectivity index (χ4v) is 0.982. The maximum Gasteiger partial charge on any atom is 0.328 e. The van der Waals surface area contributed by atoms with Crippen molar-refractivity contribution in [2.45, 2.75) is 6.04 Å². The summed E-state index contributed by atoms with van der Waals surface area (Å²) in [6.07, 6.45) is 0. The number of aliphatic hydroxyl groups is 3. The lowest BCUT2D eigenvalue weighted by Gasteiger charge is -2.23. The number of hydrogen-bond donors (Lipinski definition) is 5. The summed E-state index contributed by atoms with van der Waals surface area (Å²) in [6, 6.07) is -2.16. The number of aliphatic hydroxyl groups excluding tert-OH is 3. The van der Waals surface area contributed by atoms with Crippen molar-refractivity contribution in [3.8, 4) is 0 Å². The average Bonchev–Trinajstić information content (AvgIpc) is 2.24. The van der Waals surface area contributed by atoms with Gasteiger partial charge in [0.15, 0.2) is 6.04 Å². The summed E-state index contributed by atoms with van der Waals surface area (Å²) >= 11 is 0. The summed E-state index contributed by atoms with van der Waals surface area (Å²) in [7, 11) is 0. The van der Waals surface area contributed by atoms with Crippen molar-refractivity contribution in [2.75, 3.05) is 32.9 Å². The van der Waals surface area contributed by atoms with Crippen molar-refractivity contribution >= 4 is 12.0 Å². The van der Waals surface area contributed by atoms with Crippen LogP contribution in [0, 0.1) is 0 Å². The van der Waals surface area contributed by atoms with Crippen molar-refractivity contribution in [3.63, 3.8) is 0 Å². The minimum absolute atomic E-state index is 0.0236. The number of urea groups is 1. The van der Waals surface area contributed by atoms with Crippen LogP contribution in [-0.4, -0.2) is 76.3 Å². The van der Waals surface area contributed by atoms with Crippen LogP contribution in [-0.2, 0) is 4.79 Å². The molecule has 0 rings (SSSR count). The van der Waals surface area contributed by atoms with E-state index in [1.54, 1.807) is 0 Å². The number of rotatable bonds is 7. The van der Waals surface area contributed by atoms with E-state index in [-0.39, 0.29) is 26.3 Å². The summed E-state index contributed by atoms with van der Waals surface area (Å²) in [5.41, 5.74) is 0. The summed E-state index contributed by atoms with van der Waals surface area (Å²) in [5.74, 6) is -1.36.